The molecule has 0 aromatic carbocycles. The van der Waals surface area contributed by atoms with Gasteiger partial charge in [-0.3, -0.25) is 4.79 Å². The maximum absolute atomic E-state index is 13.5. The quantitative estimate of drug-likeness (QED) is 0.446. The third-order valence-corrected chi connectivity index (χ3v) is 14.5. The molecular formula is C22H15NO5. The standard InChI is InChI=1S/C22H15NO5/c23-1-17-12-2-3-8-6-7(2)19-9-4-5-10(11(9)26-16(6)24)20(8)22(28-20,13(3)17)15(5)18(17,25)14(4)21(12,19)27-19/h2-15,25H. The first-order valence-corrected chi connectivity index (χ1v) is 11.3. The second-order valence-electron chi connectivity index (χ2n) is 12.9. The van der Waals surface area contributed by atoms with Crippen molar-refractivity contribution in [1.29, 1.82) is 5.26 Å². The minimum Gasteiger partial charge on any atom is -0.461 e. The summed E-state index contributed by atoms with van der Waals surface area (Å²) in [5.41, 5.74) is -2.80. The molecule has 6 heteroatoms. The highest BCUT2D eigenvalue weighted by molar-refractivity contribution is 5.81. The minimum absolute atomic E-state index is 0.0310. The molecule has 16 atom stereocenters. The van der Waals surface area contributed by atoms with Gasteiger partial charge in [0.2, 0.25) is 0 Å². The van der Waals surface area contributed by atoms with Crippen LogP contribution in [0.4, 0.5) is 0 Å². The molecule has 4 heterocycles. The first-order chi connectivity index (χ1) is 13.6. The molecule has 4 aliphatic heterocycles. The van der Waals surface area contributed by atoms with Gasteiger partial charge in [-0.05, 0) is 23.7 Å². The van der Waals surface area contributed by atoms with E-state index in [-0.39, 0.29) is 87.7 Å². The summed E-state index contributed by atoms with van der Waals surface area (Å²) in [6.07, 6.45) is -0.0621. The zero-order chi connectivity index (χ0) is 17.5. The Bertz CT molecular complexity index is 1150. The van der Waals surface area contributed by atoms with Gasteiger partial charge in [-0.1, -0.05) is 0 Å². The van der Waals surface area contributed by atoms with Crippen molar-refractivity contribution in [3.05, 3.63) is 0 Å². The SMILES string of the molecule is N#CC12C3C4C5C6C7C(=O)OC8C9C%10C%11C8C68OC8(C%11C1(O)C%10C31OC91C74)C52. The second kappa shape index (κ2) is 2.27. The number of ether oxygens (including phenoxy) is 3. The highest BCUT2D eigenvalue weighted by atomic mass is 16.7. The monoisotopic (exact) mass is 373 g/mol. The maximum Gasteiger partial charge on any atom is 0.310 e. The molecule has 0 aromatic heterocycles. The second-order valence-corrected chi connectivity index (χ2v) is 12.9. The molecule has 10 aliphatic carbocycles. The Hall–Kier alpha value is -1.16. The fourth-order valence-electron chi connectivity index (χ4n) is 16.0. The Labute approximate surface area is 158 Å². The molecule has 0 aromatic rings. The van der Waals surface area contributed by atoms with Crippen molar-refractivity contribution in [2.75, 3.05) is 0 Å². The summed E-state index contributed by atoms with van der Waals surface area (Å²) >= 11 is 0. The topological polar surface area (TPSA) is 95.4 Å². The number of carbonyl (C=O) groups excluding carboxylic acids is 1. The Morgan fingerprint density at radius 1 is 0.821 bits per heavy atom. The minimum atomic E-state index is -0.927. The van der Waals surface area contributed by atoms with Gasteiger partial charge in [-0.2, -0.15) is 5.26 Å². The highest BCUT2D eigenvalue weighted by Gasteiger charge is 3.21. The molecule has 138 valence electrons. The van der Waals surface area contributed by atoms with Crippen LogP contribution in [0.1, 0.15) is 0 Å². The fourth-order valence-corrected chi connectivity index (χ4v) is 16.0. The largest absolute Gasteiger partial charge is 0.461 e. The van der Waals surface area contributed by atoms with Crippen LogP contribution in [-0.2, 0) is 19.0 Å². The van der Waals surface area contributed by atoms with Crippen molar-refractivity contribution in [1.82, 2.24) is 0 Å². The zero-order valence-electron chi connectivity index (χ0n) is 14.6. The van der Waals surface area contributed by atoms with Gasteiger partial charge in [0.05, 0.1) is 23.0 Å². The van der Waals surface area contributed by atoms with E-state index in [1.165, 1.54) is 0 Å². The lowest BCUT2D eigenvalue weighted by Gasteiger charge is -2.37. The summed E-state index contributed by atoms with van der Waals surface area (Å²) in [6.45, 7) is 0. The van der Waals surface area contributed by atoms with Crippen molar-refractivity contribution in [2.24, 2.45) is 82.3 Å². The number of nitriles is 1. The average Bonchev–Trinajstić information content (AvgIpc) is 3.01. The molecule has 14 rings (SSSR count). The molecule has 1 N–H and O–H groups in total. The lowest BCUT2D eigenvalue weighted by molar-refractivity contribution is -0.156. The number of fused-ring (bicyclic) bond motifs is 1. The number of rotatable bonds is 0. The van der Waals surface area contributed by atoms with Crippen LogP contribution < -0.4 is 0 Å². The van der Waals surface area contributed by atoms with Crippen LogP contribution in [0, 0.1) is 93.7 Å². The molecule has 10 saturated carbocycles. The van der Waals surface area contributed by atoms with Gasteiger partial charge >= 0.3 is 5.97 Å². The molecule has 4 saturated heterocycles. The van der Waals surface area contributed by atoms with Crippen LogP contribution in [0.2, 0.25) is 0 Å². The van der Waals surface area contributed by atoms with Crippen LogP contribution in [0.15, 0.2) is 0 Å². The number of epoxide rings is 2. The molecule has 16 unspecified atom stereocenters. The van der Waals surface area contributed by atoms with E-state index >= 15 is 0 Å². The molecule has 0 radical (unpaired) electrons. The van der Waals surface area contributed by atoms with E-state index < -0.39 is 11.0 Å². The molecule has 4 spiro atoms. The molecule has 2 bridgehead atoms. The van der Waals surface area contributed by atoms with Gasteiger partial charge < -0.3 is 19.3 Å². The van der Waals surface area contributed by atoms with E-state index in [2.05, 4.69) is 6.07 Å². The van der Waals surface area contributed by atoms with Crippen LogP contribution in [0.25, 0.3) is 0 Å². The summed E-state index contributed by atoms with van der Waals surface area (Å²) in [6, 6.07) is 2.82. The molecule has 0 amide bonds. The van der Waals surface area contributed by atoms with E-state index in [9.17, 15) is 15.2 Å². The number of hydrogen-bond acceptors (Lipinski definition) is 6. The van der Waals surface area contributed by atoms with Crippen LogP contribution in [-0.4, -0.2) is 45.2 Å². The first-order valence-electron chi connectivity index (χ1n) is 11.3. The van der Waals surface area contributed by atoms with E-state index in [0.29, 0.717) is 23.7 Å². The summed E-state index contributed by atoms with van der Waals surface area (Å²) in [7, 11) is 0. The third kappa shape index (κ3) is 0.473. The lowest BCUT2D eigenvalue weighted by atomic mass is 9.65. The van der Waals surface area contributed by atoms with Crippen molar-refractivity contribution < 1.29 is 24.1 Å². The summed E-state index contributed by atoms with van der Waals surface area (Å²) in [4.78, 5) is 13.5. The van der Waals surface area contributed by atoms with Crippen molar-refractivity contribution in [2.45, 2.75) is 34.1 Å². The zero-order valence-corrected chi connectivity index (χ0v) is 14.6. The molecular weight excluding hydrogens is 358 g/mol. The molecule has 6 nitrogen and oxygen atoms in total. The van der Waals surface area contributed by atoms with E-state index in [1.54, 1.807) is 0 Å². The Morgan fingerprint density at radius 2 is 1.36 bits per heavy atom. The smallest absolute Gasteiger partial charge is 0.310 e. The predicted molar refractivity (Wildman–Crippen MR) is 81.3 cm³/mol. The first kappa shape index (κ1) is 11.9. The Kier molecular flexibility index (Phi) is 0.962. The third-order valence-electron chi connectivity index (χ3n) is 14.5. The number of hydrogen-bond donors (Lipinski definition) is 1. The van der Waals surface area contributed by atoms with Gasteiger partial charge in [0, 0.05) is 47.3 Å². The Balaban J connectivity index is 1.39. The van der Waals surface area contributed by atoms with E-state index in [4.69, 9.17) is 14.2 Å². The Morgan fingerprint density at radius 3 is 1.89 bits per heavy atom. The molecule has 28 heavy (non-hydrogen) atoms. The highest BCUT2D eigenvalue weighted by Crippen LogP contribution is 3.11. The molecule has 14 aliphatic rings. The van der Waals surface area contributed by atoms with Crippen LogP contribution in [0.5, 0.6) is 0 Å². The number of aliphatic hydroxyl groups is 1. The summed E-state index contributed by atoms with van der Waals surface area (Å²) in [5, 5.41) is 23.4. The van der Waals surface area contributed by atoms with Gasteiger partial charge in [0.15, 0.2) is 0 Å². The van der Waals surface area contributed by atoms with Crippen molar-refractivity contribution in [3.8, 4) is 6.07 Å². The molecule has 14 fully saturated rings. The normalized spacial score (nSPS) is 99.1. The van der Waals surface area contributed by atoms with Crippen molar-refractivity contribution in [3.63, 3.8) is 0 Å². The average molecular weight is 373 g/mol. The van der Waals surface area contributed by atoms with Gasteiger partial charge in [-0.25, -0.2) is 0 Å². The number of esters is 1. The number of nitrogens with zero attached hydrogens (tertiary/aromatic N) is 1. The fraction of sp³-hybridized carbons (Fsp3) is 0.909. The van der Waals surface area contributed by atoms with Crippen LogP contribution in [0.3, 0.4) is 0 Å². The van der Waals surface area contributed by atoms with Crippen LogP contribution >= 0.6 is 0 Å². The lowest BCUT2D eigenvalue weighted by Crippen LogP contribution is -2.50. The number of carbonyl (C=O) groups is 1. The predicted octanol–water partition coefficient (Wildman–Crippen LogP) is -0.685. The van der Waals surface area contributed by atoms with Crippen molar-refractivity contribution >= 4 is 5.97 Å². The van der Waals surface area contributed by atoms with Gasteiger partial charge in [0.1, 0.15) is 28.5 Å². The van der Waals surface area contributed by atoms with Gasteiger partial charge in [-0.15, -0.1) is 0 Å². The van der Waals surface area contributed by atoms with E-state index in [0.717, 1.165) is 0 Å². The van der Waals surface area contributed by atoms with Gasteiger partial charge in [0.25, 0.3) is 0 Å². The van der Waals surface area contributed by atoms with E-state index in [1.807, 2.05) is 0 Å². The summed E-state index contributed by atoms with van der Waals surface area (Å²) < 4.78 is 20.2. The maximum atomic E-state index is 13.5. The summed E-state index contributed by atoms with van der Waals surface area (Å²) in [5.74, 6) is 2.83.